The minimum Gasteiger partial charge on any atom is -0.459 e. The number of allylic oxidation sites excluding steroid dienone is 1. The van der Waals surface area contributed by atoms with Crippen molar-refractivity contribution < 1.29 is 32.3 Å². The van der Waals surface area contributed by atoms with Gasteiger partial charge in [-0.3, -0.25) is 28.5 Å². The van der Waals surface area contributed by atoms with Crippen LogP contribution < -0.4 is 25.4 Å². The molecule has 4 aromatic rings. The number of hydrogen-bond acceptors (Lipinski definition) is 9. The normalized spacial score (nSPS) is 25.8. The minimum atomic E-state index is -3.99. The highest BCUT2D eigenvalue weighted by Gasteiger charge is 2.63. The Balaban J connectivity index is 1.12. The van der Waals surface area contributed by atoms with Gasteiger partial charge in [0, 0.05) is 29.8 Å². The molecule has 3 fully saturated rings. The third-order valence-corrected chi connectivity index (χ3v) is 14.5. The standard InChI is InChI=1S/C45H53N7O7S/c1-29(2)52-36-23-15-21-34(39(53)47-32-19-12-8-13-20-32)38(36)48-43(52)59-33-26-37-40(54)49-45(42(56)50-60(57,58)44(3)24-25-44)27-30(45)16-9-5-4-6-14-22-35(41(55)51(37)28-33)46-31-17-10-7-11-18-31/h7-13,15-21,23,29-30,33,35,37,46H,4-6,14,22,24-28H2,1-3H3,(H,47,53)(H,49,54)(H,50,56)/b16-9-/t30-,33-,35+,37+,45-/m1/s1. The molecule has 3 heterocycles. The molecule has 5 atom stereocenters. The summed E-state index contributed by atoms with van der Waals surface area (Å²) in [5, 5.41) is 9.32. The first-order valence-electron chi connectivity index (χ1n) is 21.0. The zero-order valence-corrected chi connectivity index (χ0v) is 35.0. The summed E-state index contributed by atoms with van der Waals surface area (Å²) < 4.78 is 36.3. The first kappa shape index (κ1) is 41.1. The zero-order valence-electron chi connectivity index (χ0n) is 34.2. The Labute approximate surface area is 350 Å². The van der Waals surface area contributed by atoms with Gasteiger partial charge < -0.3 is 25.6 Å². The summed E-state index contributed by atoms with van der Waals surface area (Å²) in [4.78, 5) is 63.4. The van der Waals surface area contributed by atoms with Gasteiger partial charge in [0.25, 0.3) is 17.8 Å². The molecule has 1 saturated heterocycles. The number of sulfonamides is 1. The number of aromatic nitrogens is 2. The van der Waals surface area contributed by atoms with Crippen molar-refractivity contribution in [3.05, 3.63) is 96.6 Å². The van der Waals surface area contributed by atoms with Crippen molar-refractivity contribution in [2.45, 2.75) is 113 Å². The zero-order chi connectivity index (χ0) is 42.2. The summed E-state index contributed by atoms with van der Waals surface area (Å²) in [5.41, 5.74) is 1.40. The Kier molecular flexibility index (Phi) is 11.2. The van der Waals surface area contributed by atoms with Gasteiger partial charge in [-0.15, -0.1) is 0 Å². The Morgan fingerprint density at radius 2 is 1.65 bits per heavy atom. The number of nitrogens with one attached hydrogen (secondary N) is 4. The van der Waals surface area contributed by atoms with Gasteiger partial charge >= 0.3 is 0 Å². The van der Waals surface area contributed by atoms with E-state index in [0.717, 1.165) is 31.4 Å². The molecular weight excluding hydrogens is 783 g/mol. The van der Waals surface area contributed by atoms with E-state index in [1.54, 1.807) is 31.2 Å². The molecule has 2 aliphatic heterocycles. The molecule has 0 bridgehead atoms. The van der Waals surface area contributed by atoms with Gasteiger partial charge in [0.05, 0.1) is 22.4 Å². The molecule has 3 aromatic carbocycles. The van der Waals surface area contributed by atoms with Crippen LogP contribution in [0.4, 0.5) is 11.4 Å². The largest absolute Gasteiger partial charge is 0.459 e. The van der Waals surface area contributed by atoms with E-state index in [1.165, 1.54) is 4.90 Å². The van der Waals surface area contributed by atoms with Crippen LogP contribution in [0.5, 0.6) is 6.01 Å². The number of carbonyl (C=O) groups is 4. The number of benzene rings is 3. The van der Waals surface area contributed by atoms with E-state index in [4.69, 9.17) is 9.72 Å². The van der Waals surface area contributed by atoms with Crippen LogP contribution in [-0.4, -0.2) is 81.5 Å². The Bertz CT molecular complexity index is 2420. The molecule has 4 amide bonds. The maximum atomic E-state index is 14.8. The molecule has 4 N–H and O–H groups in total. The van der Waals surface area contributed by atoms with Crippen molar-refractivity contribution in [3.63, 3.8) is 0 Å². The van der Waals surface area contributed by atoms with E-state index in [0.29, 0.717) is 41.5 Å². The van der Waals surface area contributed by atoms with Crippen LogP contribution >= 0.6 is 0 Å². The number of para-hydroxylation sites is 3. The molecule has 15 heteroatoms. The lowest BCUT2D eigenvalue weighted by atomic mass is 10.0. The summed E-state index contributed by atoms with van der Waals surface area (Å²) >= 11 is 0. The monoisotopic (exact) mass is 835 g/mol. The highest BCUT2D eigenvalue weighted by atomic mass is 32.2. The third-order valence-electron chi connectivity index (χ3n) is 12.3. The number of rotatable bonds is 10. The van der Waals surface area contributed by atoms with Crippen LogP contribution in [0.3, 0.4) is 0 Å². The second-order valence-corrected chi connectivity index (χ2v) is 19.3. The summed E-state index contributed by atoms with van der Waals surface area (Å²) in [7, 11) is -3.99. The van der Waals surface area contributed by atoms with Gasteiger partial charge in [0.1, 0.15) is 29.2 Å². The van der Waals surface area contributed by atoms with Gasteiger partial charge in [-0.1, -0.05) is 67.5 Å². The molecule has 0 radical (unpaired) electrons. The number of imidazole rings is 1. The Morgan fingerprint density at radius 3 is 2.35 bits per heavy atom. The molecule has 2 aliphatic carbocycles. The fraction of sp³-hybridized carbons (Fsp3) is 0.444. The van der Waals surface area contributed by atoms with Gasteiger partial charge in [-0.05, 0) is 95.7 Å². The molecule has 14 nitrogen and oxygen atoms in total. The van der Waals surface area contributed by atoms with Crippen molar-refractivity contribution in [2.24, 2.45) is 5.92 Å². The molecule has 2 saturated carbocycles. The lowest BCUT2D eigenvalue weighted by molar-refractivity contribution is -0.140. The van der Waals surface area contributed by atoms with E-state index >= 15 is 0 Å². The fourth-order valence-corrected chi connectivity index (χ4v) is 9.72. The second-order valence-electron chi connectivity index (χ2n) is 17.1. The van der Waals surface area contributed by atoms with Crippen LogP contribution in [0.1, 0.15) is 95.0 Å². The van der Waals surface area contributed by atoms with E-state index in [2.05, 4.69) is 20.7 Å². The van der Waals surface area contributed by atoms with E-state index in [9.17, 15) is 27.6 Å². The highest BCUT2D eigenvalue weighted by Crippen LogP contribution is 2.47. The minimum absolute atomic E-state index is 0.0435. The number of anilines is 2. The van der Waals surface area contributed by atoms with E-state index in [1.807, 2.05) is 85.2 Å². The lowest BCUT2D eigenvalue weighted by Gasteiger charge is -2.30. The number of carbonyl (C=O) groups excluding carboxylic acids is 4. The number of ether oxygens (including phenoxy) is 1. The Hall–Kier alpha value is -5.70. The van der Waals surface area contributed by atoms with Gasteiger partial charge in [0.15, 0.2) is 0 Å². The van der Waals surface area contributed by atoms with Gasteiger partial charge in [-0.2, -0.15) is 4.98 Å². The summed E-state index contributed by atoms with van der Waals surface area (Å²) in [5.74, 6) is -2.37. The quantitative estimate of drug-likeness (QED) is 0.138. The maximum absolute atomic E-state index is 14.8. The predicted octanol–water partition coefficient (Wildman–Crippen LogP) is 6.09. The van der Waals surface area contributed by atoms with Crippen molar-refractivity contribution in [2.75, 3.05) is 17.2 Å². The number of fused-ring (bicyclic) bond motifs is 3. The number of nitrogens with zero attached hydrogens (tertiary/aromatic N) is 3. The predicted molar refractivity (Wildman–Crippen MR) is 229 cm³/mol. The van der Waals surface area contributed by atoms with Crippen LogP contribution in [-0.2, 0) is 24.4 Å². The van der Waals surface area contributed by atoms with Gasteiger partial charge in [-0.25, -0.2) is 8.42 Å². The molecule has 60 heavy (non-hydrogen) atoms. The molecule has 1 aromatic heterocycles. The molecule has 0 unspecified atom stereocenters. The van der Waals surface area contributed by atoms with Crippen molar-refractivity contribution >= 4 is 56.1 Å². The number of hydrogen-bond donors (Lipinski definition) is 4. The summed E-state index contributed by atoms with van der Waals surface area (Å²) in [6, 6.07) is 22.4. The van der Waals surface area contributed by atoms with Crippen molar-refractivity contribution in [3.8, 4) is 6.01 Å². The lowest BCUT2D eigenvalue weighted by Crippen LogP contribution is -2.58. The SMILES string of the molecule is CC(C)n1c(O[C@@H]2C[C@H]3C(=O)N[C@]4(C(=O)NS(=O)(=O)C5(C)CC5)C[C@H]4/C=C\CCCCC[C@H](Nc4ccccc4)C(=O)N3C2)nc2c(C(=O)Nc3ccccc3)cccc21. The van der Waals surface area contributed by atoms with Crippen molar-refractivity contribution in [1.82, 2.24) is 24.5 Å². The van der Waals surface area contributed by atoms with Crippen LogP contribution in [0.15, 0.2) is 91.0 Å². The third kappa shape index (κ3) is 8.23. The molecule has 4 aliphatic rings. The second kappa shape index (κ2) is 16.4. The smallest absolute Gasteiger partial charge is 0.297 e. The van der Waals surface area contributed by atoms with Crippen LogP contribution in [0.25, 0.3) is 11.0 Å². The maximum Gasteiger partial charge on any atom is 0.297 e. The summed E-state index contributed by atoms with van der Waals surface area (Å²) in [6.07, 6.45) is 8.16. The van der Waals surface area contributed by atoms with Crippen molar-refractivity contribution in [1.29, 1.82) is 0 Å². The number of amides is 4. The van der Waals surface area contributed by atoms with E-state index in [-0.39, 0.29) is 43.3 Å². The average molecular weight is 836 g/mol. The molecule has 316 valence electrons. The van der Waals surface area contributed by atoms with E-state index < -0.39 is 56.2 Å². The first-order chi connectivity index (χ1) is 28.8. The average Bonchev–Trinajstić information content (AvgIpc) is 4.05. The Morgan fingerprint density at radius 1 is 0.933 bits per heavy atom. The molecular formula is C45H53N7O7S. The molecule has 8 rings (SSSR count). The topological polar surface area (TPSA) is 181 Å². The molecule has 0 spiro atoms. The van der Waals surface area contributed by atoms with Gasteiger partial charge in [0.2, 0.25) is 21.8 Å². The van der Waals surface area contributed by atoms with Crippen LogP contribution in [0.2, 0.25) is 0 Å². The van der Waals surface area contributed by atoms with Crippen LogP contribution in [0, 0.1) is 5.92 Å². The first-order valence-corrected chi connectivity index (χ1v) is 22.5. The highest BCUT2D eigenvalue weighted by molar-refractivity contribution is 7.91. The summed E-state index contributed by atoms with van der Waals surface area (Å²) in [6.45, 7) is 5.61. The fourth-order valence-electron chi connectivity index (χ4n) is 8.41.